The third-order valence-corrected chi connectivity index (χ3v) is 3.29. The van der Waals surface area contributed by atoms with Crippen LogP contribution >= 0.6 is 0 Å². The van der Waals surface area contributed by atoms with Crippen LogP contribution in [0.1, 0.15) is 19.4 Å². The van der Waals surface area contributed by atoms with E-state index in [1.807, 2.05) is 11.5 Å². The topological polar surface area (TPSA) is 134 Å². The van der Waals surface area contributed by atoms with Gasteiger partial charge in [-0.2, -0.15) is 0 Å². The molecule has 8 heteroatoms. The van der Waals surface area contributed by atoms with Crippen LogP contribution in [0.15, 0.2) is 30.3 Å². The van der Waals surface area contributed by atoms with Gasteiger partial charge in [0.2, 0.25) is 5.91 Å². The first-order chi connectivity index (χ1) is 10.8. The molecule has 0 spiro atoms. The summed E-state index contributed by atoms with van der Waals surface area (Å²) in [5.41, 5.74) is 2.79. The second-order valence-electron chi connectivity index (χ2n) is 5.43. The molecule has 1 aromatic carbocycles. The molecule has 0 saturated heterocycles. The Morgan fingerprint density at radius 2 is 1.70 bits per heavy atom. The Balaban J connectivity index is 2.86. The van der Waals surface area contributed by atoms with Crippen molar-refractivity contribution in [3.8, 4) is 0 Å². The largest absolute Gasteiger partial charge is 0.465 e. The van der Waals surface area contributed by atoms with Gasteiger partial charge in [-0.15, -0.1) is 0 Å². The molecule has 8 nitrogen and oxygen atoms in total. The van der Waals surface area contributed by atoms with Crippen molar-refractivity contribution in [2.75, 3.05) is 0 Å². The van der Waals surface area contributed by atoms with Crippen LogP contribution in [-0.2, 0) is 16.0 Å². The van der Waals surface area contributed by atoms with Crippen molar-refractivity contribution in [3.05, 3.63) is 35.9 Å². The quantitative estimate of drug-likeness (QED) is 0.274. The minimum atomic E-state index is -1.31. The average Bonchev–Trinajstić information content (AvgIpc) is 2.51. The number of benzene rings is 1. The van der Waals surface area contributed by atoms with Crippen LogP contribution in [0.25, 0.3) is 0 Å². The highest BCUT2D eigenvalue weighted by Gasteiger charge is 2.28. The van der Waals surface area contributed by atoms with Gasteiger partial charge in [0.05, 0.1) is 0 Å². The minimum absolute atomic E-state index is 0.175. The van der Waals surface area contributed by atoms with E-state index in [4.69, 9.17) is 10.9 Å². The molecular weight excluding hydrogens is 300 g/mol. The van der Waals surface area contributed by atoms with Crippen molar-refractivity contribution in [1.29, 1.82) is 0 Å². The Hall–Kier alpha value is -2.61. The zero-order valence-corrected chi connectivity index (χ0v) is 13.1. The molecule has 0 fully saturated rings. The molecule has 0 radical (unpaired) electrons. The van der Waals surface area contributed by atoms with Crippen LogP contribution in [0.3, 0.4) is 0 Å². The fraction of sp³-hybridized carbons (Fsp3) is 0.400. The molecular formula is C15H22N4O4. The molecule has 0 heterocycles. The third kappa shape index (κ3) is 5.95. The number of carboxylic acid groups (broad SMARTS) is 1. The molecule has 23 heavy (non-hydrogen) atoms. The molecule has 0 aliphatic carbocycles. The highest BCUT2D eigenvalue weighted by atomic mass is 16.4. The van der Waals surface area contributed by atoms with Gasteiger partial charge in [-0.05, 0) is 11.5 Å². The maximum Gasteiger partial charge on any atom is 0.405 e. The Morgan fingerprint density at radius 1 is 1.09 bits per heavy atom. The lowest BCUT2D eigenvalue weighted by Gasteiger charge is -2.24. The van der Waals surface area contributed by atoms with Crippen LogP contribution in [0.2, 0.25) is 0 Å². The van der Waals surface area contributed by atoms with Gasteiger partial charge >= 0.3 is 6.09 Å². The summed E-state index contributed by atoms with van der Waals surface area (Å²) in [7, 11) is 0. The van der Waals surface area contributed by atoms with Crippen molar-refractivity contribution in [2.24, 2.45) is 11.8 Å². The maximum absolute atomic E-state index is 12.4. The summed E-state index contributed by atoms with van der Waals surface area (Å²) in [4.78, 5) is 35.0. The summed E-state index contributed by atoms with van der Waals surface area (Å²) in [5.74, 6) is 3.78. The molecule has 0 aliphatic heterocycles. The van der Waals surface area contributed by atoms with Crippen molar-refractivity contribution in [3.63, 3.8) is 0 Å². The van der Waals surface area contributed by atoms with E-state index in [1.54, 1.807) is 38.1 Å². The number of hydrazine groups is 1. The van der Waals surface area contributed by atoms with E-state index in [0.29, 0.717) is 0 Å². The normalized spacial score (nSPS) is 13.0. The van der Waals surface area contributed by atoms with Crippen molar-refractivity contribution in [2.45, 2.75) is 32.4 Å². The van der Waals surface area contributed by atoms with Crippen LogP contribution in [-0.4, -0.2) is 35.1 Å². The summed E-state index contributed by atoms with van der Waals surface area (Å²) in [6.45, 7) is 3.49. The lowest BCUT2D eigenvalue weighted by atomic mass is 10.0. The monoisotopic (exact) mass is 322 g/mol. The number of carbonyl (C=O) groups is 3. The fourth-order valence-corrected chi connectivity index (χ4v) is 2.09. The standard InChI is InChI=1S/C15H22N4O4/c1-9(2)12(14(21)19-16)18-13(20)11(17-15(22)23)8-10-6-4-3-5-7-10/h3-7,9,11-12,17H,8,16H2,1-2H3,(H,18,20)(H,19,21)(H,22,23)/t11-,12-/m0/s1. The highest BCUT2D eigenvalue weighted by molar-refractivity contribution is 5.91. The van der Waals surface area contributed by atoms with Crippen LogP contribution < -0.4 is 21.9 Å². The number of amides is 3. The zero-order chi connectivity index (χ0) is 17.4. The zero-order valence-electron chi connectivity index (χ0n) is 13.1. The predicted molar refractivity (Wildman–Crippen MR) is 84.2 cm³/mol. The number of hydrogen-bond donors (Lipinski definition) is 5. The molecule has 1 rings (SSSR count). The highest BCUT2D eigenvalue weighted by Crippen LogP contribution is 2.06. The Kier molecular flexibility index (Phi) is 7.01. The van der Waals surface area contributed by atoms with E-state index in [-0.39, 0.29) is 12.3 Å². The number of nitrogens with one attached hydrogen (secondary N) is 3. The van der Waals surface area contributed by atoms with Crippen molar-refractivity contribution in [1.82, 2.24) is 16.1 Å². The van der Waals surface area contributed by atoms with E-state index in [2.05, 4.69) is 10.6 Å². The summed E-state index contributed by atoms with van der Waals surface area (Å²) in [6.07, 6.45) is -1.14. The van der Waals surface area contributed by atoms with Crippen molar-refractivity contribution >= 4 is 17.9 Å². The van der Waals surface area contributed by atoms with E-state index in [1.165, 1.54) is 0 Å². The summed E-state index contributed by atoms with van der Waals surface area (Å²) in [5, 5.41) is 13.6. The minimum Gasteiger partial charge on any atom is -0.465 e. The lowest BCUT2D eigenvalue weighted by Crippen LogP contribution is -2.56. The third-order valence-electron chi connectivity index (χ3n) is 3.29. The number of carbonyl (C=O) groups excluding carboxylic acids is 2. The van der Waals surface area contributed by atoms with Crippen LogP contribution in [0.4, 0.5) is 4.79 Å². The Morgan fingerprint density at radius 3 is 2.17 bits per heavy atom. The van der Waals surface area contributed by atoms with Crippen molar-refractivity contribution < 1.29 is 19.5 Å². The van der Waals surface area contributed by atoms with Gasteiger partial charge in [0.15, 0.2) is 0 Å². The predicted octanol–water partition coefficient (Wildman–Crippen LogP) is -0.00400. The van der Waals surface area contributed by atoms with Crippen LogP contribution in [0.5, 0.6) is 0 Å². The number of rotatable bonds is 7. The molecule has 3 amide bonds. The first kappa shape index (κ1) is 18.4. The van der Waals surface area contributed by atoms with Gasteiger partial charge in [0.1, 0.15) is 12.1 Å². The second-order valence-corrected chi connectivity index (χ2v) is 5.43. The molecule has 6 N–H and O–H groups in total. The summed E-state index contributed by atoms with van der Waals surface area (Å²) >= 11 is 0. The van der Waals surface area contributed by atoms with Gasteiger partial charge in [-0.1, -0.05) is 44.2 Å². The number of nitrogens with two attached hydrogens (primary N) is 1. The van der Waals surface area contributed by atoms with Gasteiger partial charge in [0, 0.05) is 6.42 Å². The Labute approximate surface area is 134 Å². The van der Waals surface area contributed by atoms with Gasteiger partial charge in [0.25, 0.3) is 5.91 Å². The number of hydrogen-bond acceptors (Lipinski definition) is 4. The SMILES string of the molecule is CC(C)[C@H](NC(=O)[C@H](Cc1ccccc1)NC(=O)O)C(=O)NN. The molecule has 1 aromatic rings. The van der Waals surface area contributed by atoms with Crippen LogP contribution in [0, 0.1) is 5.92 Å². The van der Waals surface area contributed by atoms with E-state index in [0.717, 1.165) is 5.56 Å². The second kappa shape index (κ2) is 8.74. The van der Waals surface area contributed by atoms with Gasteiger partial charge in [-0.3, -0.25) is 15.0 Å². The first-order valence-corrected chi connectivity index (χ1v) is 7.19. The Bertz CT molecular complexity index is 548. The molecule has 2 atom stereocenters. The van der Waals surface area contributed by atoms with E-state index < -0.39 is 30.0 Å². The lowest BCUT2D eigenvalue weighted by molar-refractivity contribution is -0.131. The summed E-state index contributed by atoms with van der Waals surface area (Å²) in [6, 6.07) is 7.13. The maximum atomic E-state index is 12.4. The molecule has 0 unspecified atom stereocenters. The van der Waals surface area contributed by atoms with Gasteiger partial charge < -0.3 is 15.7 Å². The molecule has 0 aromatic heterocycles. The smallest absolute Gasteiger partial charge is 0.405 e. The molecule has 0 bridgehead atoms. The summed E-state index contributed by atoms with van der Waals surface area (Å²) < 4.78 is 0. The van der Waals surface area contributed by atoms with E-state index >= 15 is 0 Å². The molecule has 0 aliphatic rings. The fourth-order valence-electron chi connectivity index (χ4n) is 2.09. The van der Waals surface area contributed by atoms with Gasteiger partial charge in [-0.25, -0.2) is 10.6 Å². The van der Waals surface area contributed by atoms with E-state index in [9.17, 15) is 14.4 Å². The molecule has 0 saturated carbocycles. The first-order valence-electron chi connectivity index (χ1n) is 7.19. The molecule has 126 valence electrons. The average molecular weight is 322 g/mol.